The van der Waals surface area contributed by atoms with Crippen molar-refractivity contribution in [2.24, 2.45) is 4.99 Å². The third-order valence-electron chi connectivity index (χ3n) is 5.23. The summed E-state index contributed by atoms with van der Waals surface area (Å²) in [6.07, 6.45) is 5.13. The van der Waals surface area contributed by atoms with Crippen molar-refractivity contribution < 1.29 is 19.0 Å². The van der Waals surface area contributed by atoms with Gasteiger partial charge in [-0.2, -0.15) is 0 Å². The molecule has 2 aliphatic heterocycles. The molecule has 162 valence electrons. The molecule has 2 aromatic heterocycles. The number of thiazole rings is 1. The zero-order valence-corrected chi connectivity index (χ0v) is 18.2. The summed E-state index contributed by atoms with van der Waals surface area (Å²) in [6.45, 7) is 3.85. The molecule has 1 aromatic carbocycles. The highest BCUT2D eigenvalue weighted by Gasteiger charge is 2.34. The summed E-state index contributed by atoms with van der Waals surface area (Å²) in [5, 5.41) is 0. The number of pyridine rings is 1. The summed E-state index contributed by atoms with van der Waals surface area (Å²) in [7, 11) is 0. The fraction of sp³-hybridized carbons (Fsp3) is 0.217. The van der Waals surface area contributed by atoms with Crippen LogP contribution in [-0.4, -0.2) is 28.9 Å². The number of carbonyl (C=O) groups excluding carboxylic acids is 1. The minimum Gasteiger partial charge on any atom is -0.463 e. The molecule has 5 rings (SSSR count). The van der Waals surface area contributed by atoms with E-state index in [0.29, 0.717) is 37.7 Å². The average Bonchev–Trinajstić information content (AvgIpc) is 3.37. The summed E-state index contributed by atoms with van der Waals surface area (Å²) in [5.74, 6) is 0.691. The summed E-state index contributed by atoms with van der Waals surface area (Å²) in [4.78, 5) is 35.5. The predicted molar refractivity (Wildman–Crippen MR) is 117 cm³/mol. The highest BCUT2D eigenvalue weighted by molar-refractivity contribution is 7.07. The van der Waals surface area contributed by atoms with Crippen molar-refractivity contribution in [2.75, 3.05) is 13.4 Å². The van der Waals surface area contributed by atoms with Gasteiger partial charge in [0.15, 0.2) is 16.3 Å². The molecule has 0 radical (unpaired) electrons. The number of esters is 1. The number of aromatic nitrogens is 2. The van der Waals surface area contributed by atoms with Crippen LogP contribution in [0, 0.1) is 0 Å². The topological polar surface area (TPSA) is 92.0 Å². The molecule has 3 aromatic rings. The standard InChI is InChI=1S/C23H19N3O5S/c1-3-29-22(28)19-13(2)25-23-26(20(19)15-4-5-16-17(11-15)31-12-30-16)21(27)18(32-23)10-14-6-8-24-9-7-14/h4-11,20H,3,12H2,1-2H3/t20-/m1/s1. The quantitative estimate of drug-likeness (QED) is 0.565. The number of hydrogen-bond acceptors (Lipinski definition) is 8. The SMILES string of the molecule is CCOC(=O)C1=C(C)N=c2sc(=Cc3ccncc3)c(=O)n2[C@@H]1c1ccc2c(c1)OCO2. The molecule has 0 amide bonds. The van der Waals surface area contributed by atoms with Gasteiger partial charge in [0.1, 0.15) is 0 Å². The van der Waals surface area contributed by atoms with E-state index in [0.717, 1.165) is 5.56 Å². The van der Waals surface area contributed by atoms with Gasteiger partial charge in [0.2, 0.25) is 6.79 Å². The Labute approximate surface area is 186 Å². The number of allylic oxidation sites excluding steroid dienone is 1. The van der Waals surface area contributed by atoms with Crippen LogP contribution in [0.25, 0.3) is 6.08 Å². The number of nitrogens with zero attached hydrogens (tertiary/aromatic N) is 3. The van der Waals surface area contributed by atoms with Crippen LogP contribution in [0.4, 0.5) is 0 Å². The second-order valence-electron chi connectivity index (χ2n) is 7.20. The van der Waals surface area contributed by atoms with E-state index in [-0.39, 0.29) is 19.0 Å². The van der Waals surface area contributed by atoms with Gasteiger partial charge < -0.3 is 14.2 Å². The van der Waals surface area contributed by atoms with Gasteiger partial charge in [0.05, 0.1) is 28.5 Å². The zero-order chi connectivity index (χ0) is 22.2. The van der Waals surface area contributed by atoms with E-state index in [4.69, 9.17) is 14.2 Å². The number of ether oxygens (including phenoxy) is 3. The lowest BCUT2D eigenvalue weighted by atomic mass is 9.95. The third-order valence-corrected chi connectivity index (χ3v) is 6.22. The maximum atomic E-state index is 13.5. The van der Waals surface area contributed by atoms with Crippen molar-refractivity contribution >= 4 is 23.4 Å². The Morgan fingerprint density at radius 3 is 2.81 bits per heavy atom. The van der Waals surface area contributed by atoms with Crippen LogP contribution in [0.2, 0.25) is 0 Å². The van der Waals surface area contributed by atoms with Crippen molar-refractivity contribution in [1.82, 2.24) is 9.55 Å². The van der Waals surface area contributed by atoms with Gasteiger partial charge >= 0.3 is 5.97 Å². The molecule has 2 aliphatic rings. The lowest BCUT2D eigenvalue weighted by Gasteiger charge is -2.24. The molecule has 32 heavy (non-hydrogen) atoms. The maximum absolute atomic E-state index is 13.5. The number of benzene rings is 1. The van der Waals surface area contributed by atoms with Gasteiger partial charge in [-0.1, -0.05) is 17.4 Å². The summed E-state index contributed by atoms with van der Waals surface area (Å²) < 4.78 is 18.3. The van der Waals surface area contributed by atoms with Crippen molar-refractivity contribution in [1.29, 1.82) is 0 Å². The average molecular weight is 449 g/mol. The van der Waals surface area contributed by atoms with Crippen molar-refractivity contribution in [3.05, 3.63) is 84.8 Å². The first-order valence-corrected chi connectivity index (χ1v) is 10.9. The van der Waals surface area contributed by atoms with Gasteiger partial charge in [-0.15, -0.1) is 0 Å². The molecular weight excluding hydrogens is 430 g/mol. The third kappa shape index (κ3) is 3.40. The van der Waals surface area contributed by atoms with Crippen LogP contribution in [0.15, 0.2) is 63.8 Å². The molecule has 0 bridgehead atoms. The minimum atomic E-state index is -0.695. The van der Waals surface area contributed by atoms with Gasteiger partial charge in [0, 0.05) is 12.4 Å². The van der Waals surface area contributed by atoms with E-state index in [1.54, 1.807) is 49.0 Å². The highest BCUT2D eigenvalue weighted by atomic mass is 32.1. The van der Waals surface area contributed by atoms with Crippen LogP contribution in [0.1, 0.15) is 31.0 Å². The Morgan fingerprint density at radius 2 is 2.03 bits per heavy atom. The molecule has 9 heteroatoms. The van der Waals surface area contributed by atoms with Gasteiger partial charge in [-0.3, -0.25) is 14.3 Å². The minimum absolute atomic E-state index is 0.132. The fourth-order valence-corrected chi connectivity index (χ4v) is 4.85. The first-order chi connectivity index (χ1) is 15.6. The van der Waals surface area contributed by atoms with E-state index in [9.17, 15) is 9.59 Å². The van der Waals surface area contributed by atoms with Gasteiger partial charge in [0.25, 0.3) is 5.56 Å². The van der Waals surface area contributed by atoms with Crippen LogP contribution in [0.3, 0.4) is 0 Å². The molecular formula is C23H19N3O5S. The van der Waals surface area contributed by atoms with E-state index in [2.05, 4.69) is 9.98 Å². The van der Waals surface area contributed by atoms with Crippen molar-refractivity contribution in [2.45, 2.75) is 19.9 Å². The van der Waals surface area contributed by atoms with E-state index in [1.165, 1.54) is 11.3 Å². The first kappa shape index (κ1) is 20.2. The molecule has 0 N–H and O–H groups in total. The molecule has 0 unspecified atom stereocenters. The highest BCUT2D eigenvalue weighted by Crippen LogP contribution is 2.38. The molecule has 0 saturated heterocycles. The summed E-state index contributed by atoms with van der Waals surface area (Å²) >= 11 is 1.28. The Bertz CT molecular complexity index is 1420. The van der Waals surface area contributed by atoms with Crippen molar-refractivity contribution in [3.8, 4) is 11.5 Å². The second-order valence-corrected chi connectivity index (χ2v) is 8.20. The molecule has 1 atom stereocenters. The van der Waals surface area contributed by atoms with Gasteiger partial charge in [-0.05, 0) is 55.3 Å². The maximum Gasteiger partial charge on any atom is 0.338 e. The van der Waals surface area contributed by atoms with Crippen molar-refractivity contribution in [3.63, 3.8) is 0 Å². The molecule has 8 nitrogen and oxygen atoms in total. The lowest BCUT2D eigenvalue weighted by molar-refractivity contribution is -0.139. The van der Waals surface area contributed by atoms with Crippen LogP contribution in [-0.2, 0) is 9.53 Å². The first-order valence-electron chi connectivity index (χ1n) is 10.1. The van der Waals surface area contributed by atoms with Crippen LogP contribution < -0.4 is 24.4 Å². The summed E-state index contributed by atoms with van der Waals surface area (Å²) in [6, 6.07) is 8.36. The normalized spacial score (nSPS) is 17.2. The zero-order valence-electron chi connectivity index (χ0n) is 17.4. The number of hydrogen-bond donors (Lipinski definition) is 0. The Balaban J connectivity index is 1.73. The van der Waals surface area contributed by atoms with E-state index < -0.39 is 12.0 Å². The van der Waals surface area contributed by atoms with Crippen LogP contribution >= 0.6 is 11.3 Å². The van der Waals surface area contributed by atoms with Gasteiger partial charge in [-0.25, -0.2) is 9.79 Å². The molecule has 0 saturated carbocycles. The molecule has 4 heterocycles. The summed E-state index contributed by atoms with van der Waals surface area (Å²) in [5.41, 5.74) is 2.17. The molecule has 0 fully saturated rings. The van der Waals surface area contributed by atoms with E-state index in [1.807, 2.05) is 18.2 Å². The second kappa shape index (κ2) is 8.08. The monoisotopic (exact) mass is 449 g/mol. The Hall–Kier alpha value is -3.72. The Morgan fingerprint density at radius 1 is 1.25 bits per heavy atom. The van der Waals surface area contributed by atoms with E-state index >= 15 is 0 Å². The predicted octanol–water partition coefficient (Wildman–Crippen LogP) is 1.92. The Kier molecular flexibility index (Phi) is 5.10. The molecule has 0 aliphatic carbocycles. The number of carbonyl (C=O) groups is 1. The number of fused-ring (bicyclic) bond motifs is 2. The molecule has 0 spiro atoms. The fourth-order valence-electron chi connectivity index (χ4n) is 3.80. The largest absolute Gasteiger partial charge is 0.463 e. The smallest absolute Gasteiger partial charge is 0.338 e. The van der Waals surface area contributed by atoms with Crippen LogP contribution in [0.5, 0.6) is 11.5 Å². The number of rotatable bonds is 4. The lowest BCUT2D eigenvalue weighted by Crippen LogP contribution is -2.39.